The highest BCUT2D eigenvalue weighted by molar-refractivity contribution is 5.78. The Balaban J connectivity index is 1.42. The average Bonchev–Trinajstić information content (AvgIpc) is 3.04. The molecule has 1 N–H and O–H groups in total. The summed E-state index contributed by atoms with van der Waals surface area (Å²) in [5.41, 5.74) is 1.35. The van der Waals surface area contributed by atoms with Crippen molar-refractivity contribution in [3.05, 3.63) is 59.9 Å². The van der Waals surface area contributed by atoms with E-state index in [1.807, 2.05) is 11.0 Å². The number of amides is 2. The highest BCUT2D eigenvalue weighted by atomic mass is 16.5. The van der Waals surface area contributed by atoms with Gasteiger partial charge in [0.05, 0.1) is 12.6 Å². The predicted octanol–water partition coefficient (Wildman–Crippen LogP) is 3.89. The van der Waals surface area contributed by atoms with Crippen LogP contribution in [0.4, 0.5) is 4.79 Å². The molecule has 1 saturated carbocycles. The Morgan fingerprint density at radius 3 is 2.48 bits per heavy atom. The summed E-state index contributed by atoms with van der Waals surface area (Å²) in [6.45, 7) is 1.59. The standard InChI is InChI=1S/C24H33N3O2/c1-26(2)24(20-7-5-4-6-8-20)15-13-23(14-16-24)18-27(22(28)25-23)17-19-9-11-21(29-3)12-10-19/h4-9,11-12,19H,10,13-18H2,1-3H3,(H,25,28)/t19?,23-,24+. The smallest absolute Gasteiger partial charge is 0.317 e. The molecule has 0 radical (unpaired) electrons. The Hall–Kier alpha value is -2.27. The summed E-state index contributed by atoms with van der Waals surface area (Å²) in [7, 11) is 6.06. The molecule has 29 heavy (non-hydrogen) atoms. The molecular weight excluding hydrogens is 362 g/mol. The number of ether oxygens (including phenoxy) is 1. The number of hydrogen-bond acceptors (Lipinski definition) is 3. The van der Waals surface area contributed by atoms with Gasteiger partial charge in [0.2, 0.25) is 0 Å². The lowest BCUT2D eigenvalue weighted by atomic mass is 9.69. The maximum Gasteiger partial charge on any atom is 0.317 e. The molecule has 1 aromatic carbocycles. The lowest BCUT2D eigenvalue weighted by molar-refractivity contribution is 0.0617. The molecule has 1 atom stereocenters. The third-order valence-corrected chi connectivity index (χ3v) is 7.20. The Morgan fingerprint density at radius 2 is 1.90 bits per heavy atom. The molecule has 2 amide bonds. The molecule has 2 fully saturated rings. The van der Waals surface area contributed by atoms with Crippen LogP contribution in [0.15, 0.2) is 54.3 Å². The van der Waals surface area contributed by atoms with Crippen LogP contribution in [0.5, 0.6) is 0 Å². The van der Waals surface area contributed by atoms with Crippen molar-refractivity contribution in [2.45, 2.75) is 43.2 Å². The maximum atomic E-state index is 12.7. The molecule has 2 aliphatic carbocycles. The first-order valence-electron chi connectivity index (χ1n) is 10.7. The second-order valence-corrected chi connectivity index (χ2v) is 9.05. The zero-order valence-corrected chi connectivity index (χ0v) is 17.9. The van der Waals surface area contributed by atoms with Crippen molar-refractivity contribution < 1.29 is 9.53 Å². The van der Waals surface area contributed by atoms with Crippen molar-refractivity contribution in [1.29, 1.82) is 0 Å². The number of benzene rings is 1. The average molecular weight is 396 g/mol. The third kappa shape index (κ3) is 3.80. The van der Waals surface area contributed by atoms with E-state index in [0.717, 1.165) is 51.0 Å². The molecule has 3 aliphatic rings. The molecule has 4 rings (SSSR count). The Bertz CT molecular complexity index is 792. The summed E-state index contributed by atoms with van der Waals surface area (Å²) in [6.07, 6.45) is 11.4. The first-order valence-corrected chi connectivity index (χ1v) is 10.7. The van der Waals surface area contributed by atoms with Crippen LogP contribution in [-0.4, -0.2) is 55.7 Å². The molecule has 1 aliphatic heterocycles. The summed E-state index contributed by atoms with van der Waals surface area (Å²) in [4.78, 5) is 17.1. The van der Waals surface area contributed by atoms with E-state index in [4.69, 9.17) is 4.74 Å². The summed E-state index contributed by atoms with van der Waals surface area (Å²) in [5, 5.41) is 3.36. The Kier molecular flexibility index (Phi) is 5.43. The normalized spacial score (nSPS) is 31.9. The van der Waals surface area contributed by atoms with Gasteiger partial charge >= 0.3 is 6.03 Å². The summed E-state index contributed by atoms with van der Waals surface area (Å²) in [5.74, 6) is 1.28. The van der Waals surface area contributed by atoms with Crippen LogP contribution in [0.1, 0.15) is 37.7 Å². The van der Waals surface area contributed by atoms with Gasteiger partial charge in [0, 0.05) is 18.6 Å². The van der Waals surface area contributed by atoms with Crippen molar-refractivity contribution in [3.8, 4) is 0 Å². The van der Waals surface area contributed by atoms with E-state index < -0.39 is 0 Å². The van der Waals surface area contributed by atoms with Gasteiger partial charge in [0.25, 0.3) is 0 Å². The molecule has 5 heteroatoms. The van der Waals surface area contributed by atoms with Crippen LogP contribution in [0.2, 0.25) is 0 Å². The van der Waals surface area contributed by atoms with E-state index in [0.29, 0.717) is 5.92 Å². The molecule has 1 heterocycles. The number of carbonyl (C=O) groups excluding carboxylic acids is 1. The highest BCUT2D eigenvalue weighted by Gasteiger charge is 2.50. The fourth-order valence-electron chi connectivity index (χ4n) is 5.31. The van der Waals surface area contributed by atoms with Crippen LogP contribution >= 0.6 is 0 Å². The molecule has 1 saturated heterocycles. The van der Waals surface area contributed by atoms with Gasteiger partial charge in [-0.2, -0.15) is 0 Å². The monoisotopic (exact) mass is 395 g/mol. The van der Waals surface area contributed by atoms with E-state index in [-0.39, 0.29) is 17.1 Å². The lowest BCUT2D eigenvalue weighted by Crippen LogP contribution is -2.54. The van der Waals surface area contributed by atoms with Gasteiger partial charge < -0.3 is 15.0 Å². The van der Waals surface area contributed by atoms with Crippen molar-refractivity contribution in [3.63, 3.8) is 0 Å². The number of hydrogen-bond donors (Lipinski definition) is 1. The zero-order chi connectivity index (χ0) is 20.5. The number of methoxy groups -OCH3 is 1. The number of nitrogens with zero attached hydrogens (tertiary/aromatic N) is 2. The number of rotatable bonds is 5. The molecule has 156 valence electrons. The van der Waals surface area contributed by atoms with Gasteiger partial charge in [-0.3, -0.25) is 4.90 Å². The topological polar surface area (TPSA) is 44.8 Å². The van der Waals surface area contributed by atoms with Gasteiger partial charge in [-0.15, -0.1) is 0 Å². The minimum Gasteiger partial charge on any atom is -0.497 e. The van der Waals surface area contributed by atoms with Crippen molar-refractivity contribution >= 4 is 6.03 Å². The first kappa shape index (κ1) is 20.0. The van der Waals surface area contributed by atoms with Crippen LogP contribution in [0.25, 0.3) is 0 Å². The Morgan fingerprint density at radius 1 is 1.17 bits per heavy atom. The fourth-order valence-corrected chi connectivity index (χ4v) is 5.31. The fraction of sp³-hybridized carbons (Fsp3) is 0.542. The third-order valence-electron chi connectivity index (χ3n) is 7.20. The van der Waals surface area contributed by atoms with Crippen LogP contribution < -0.4 is 5.32 Å². The molecule has 0 bridgehead atoms. The maximum absolute atomic E-state index is 12.7. The number of urea groups is 1. The molecular formula is C24H33N3O2. The number of nitrogens with one attached hydrogen (secondary N) is 1. The van der Waals surface area contributed by atoms with Crippen molar-refractivity contribution in [2.75, 3.05) is 34.3 Å². The largest absolute Gasteiger partial charge is 0.497 e. The highest BCUT2D eigenvalue weighted by Crippen LogP contribution is 2.46. The van der Waals surface area contributed by atoms with E-state index in [1.54, 1.807) is 7.11 Å². The summed E-state index contributed by atoms with van der Waals surface area (Å²) >= 11 is 0. The van der Waals surface area contributed by atoms with E-state index in [9.17, 15) is 4.79 Å². The van der Waals surface area contributed by atoms with Gasteiger partial charge in [0.1, 0.15) is 5.76 Å². The van der Waals surface area contributed by atoms with E-state index >= 15 is 0 Å². The van der Waals surface area contributed by atoms with Crippen molar-refractivity contribution in [2.24, 2.45) is 5.92 Å². The molecule has 1 spiro atoms. The van der Waals surface area contributed by atoms with Gasteiger partial charge in [-0.05, 0) is 69.8 Å². The van der Waals surface area contributed by atoms with Crippen LogP contribution in [-0.2, 0) is 10.3 Å². The number of carbonyl (C=O) groups is 1. The van der Waals surface area contributed by atoms with E-state index in [2.05, 4.69) is 66.8 Å². The zero-order valence-electron chi connectivity index (χ0n) is 17.9. The molecule has 5 nitrogen and oxygen atoms in total. The SMILES string of the molecule is COC1=CCC(CN2C[C@]3(CC[C@](c4ccccc4)(N(C)C)CC3)NC2=O)C=C1. The summed E-state index contributed by atoms with van der Waals surface area (Å²) < 4.78 is 5.27. The quantitative estimate of drug-likeness (QED) is 0.823. The predicted molar refractivity (Wildman–Crippen MR) is 115 cm³/mol. The van der Waals surface area contributed by atoms with E-state index in [1.165, 1.54) is 5.56 Å². The van der Waals surface area contributed by atoms with Gasteiger partial charge in [0.15, 0.2) is 0 Å². The lowest BCUT2D eigenvalue weighted by Gasteiger charge is -2.48. The summed E-state index contributed by atoms with van der Waals surface area (Å²) in [6, 6.07) is 10.9. The molecule has 0 aromatic heterocycles. The van der Waals surface area contributed by atoms with Crippen LogP contribution in [0.3, 0.4) is 0 Å². The molecule has 1 unspecified atom stereocenters. The second-order valence-electron chi connectivity index (χ2n) is 9.05. The molecule has 1 aromatic rings. The second kappa shape index (κ2) is 7.86. The van der Waals surface area contributed by atoms with Gasteiger partial charge in [-0.1, -0.05) is 36.4 Å². The van der Waals surface area contributed by atoms with Crippen LogP contribution in [0, 0.1) is 5.92 Å². The number of allylic oxidation sites excluding steroid dienone is 2. The van der Waals surface area contributed by atoms with Gasteiger partial charge in [-0.25, -0.2) is 4.79 Å². The Labute approximate surface area is 174 Å². The van der Waals surface area contributed by atoms with Crippen molar-refractivity contribution in [1.82, 2.24) is 15.1 Å². The minimum atomic E-state index is -0.0860. The first-order chi connectivity index (χ1) is 14.0. The minimum absolute atomic E-state index is 0.0537.